The molecule has 0 fully saturated rings. The molecule has 16 heavy (non-hydrogen) atoms. The Hall–Kier alpha value is -0.840. The van der Waals surface area contributed by atoms with Crippen molar-refractivity contribution in [3.63, 3.8) is 0 Å². The lowest BCUT2D eigenvalue weighted by Gasteiger charge is -2.09. The van der Waals surface area contributed by atoms with E-state index in [0.29, 0.717) is 0 Å². The van der Waals surface area contributed by atoms with Crippen LogP contribution in [0.3, 0.4) is 0 Å². The summed E-state index contributed by atoms with van der Waals surface area (Å²) in [5, 5.41) is 3.12. The zero-order valence-corrected chi connectivity index (χ0v) is 10.5. The van der Waals surface area contributed by atoms with Crippen LogP contribution in [-0.2, 0) is 6.42 Å². The van der Waals surface area contributed by atoms with Crippen molar-refractivity contribution in [2.75, 3.05) is 5.75 Å². The number of hydrogen-bond donors (Lipinski definition) is 1. The molecule has 0 radical (unpaired) electrons. The van der Waals surface area contributed by atoms with Crippen molar-refractivity contribution in [1.82, 2.24) is 4.98 Å². The van der Waals surface area contributed by atoms with E-state index in [2.05, 4.69) is 29.2 Å². The minimum absolute atomic E-state index is 0.177. The van der Waals surface area contributed by atoms with E-state index in [-0.39, 0.29) is 6.04 Å². The largest absolute Gasteiger partial charge is 0.327 e. The molecule has 1 aromatic carbocycles. The lowest BCUT2D eigenvalue weighted by atomic mass is 10.3. The highest BCUT2D eigenvalue weighted by atomic mass is 32.2. The van der Waals surface area contributed by atoms with E-state index >= 15 is 0 Å². The minimum atomic E-state index is 0.177. The highest BCUT2D eigenvalue weighted by Crippen LogP contribution is 2.18. The van der Waals surface area contributed by atoms with Crippen LogP contribution in [0.25, 0.3) is 0 Å². The van der Waals surface area contributed by atoms with Gasteiger partial charge in [0.1, 0.15) is 0 Å². The SMILES string of the molecule is NC(CSc1ccccc1)Cc1nccs1. The van der Waals surface area contributed by atoms with Crippen molar-refractivity contribution in [1.29, 1.82) is 0 Å². The predicted molar refractivity (Wildman–Crippen MR) is 71.0 cm³/mol. The summed E-state index contributed by atoms with van der Waals surface area (Å²) in [5.74, 6) is 0.934. The van der Waals surface area contributed by atoms with Crippen molar-refractivity contribution >= 4 is 23.1 Å². The van der Waals surface area contributed by atoms with Crippen LogP contribution in [0.1, 0.15) is 5.01 Å². The molecule has 0 spiro atoms. The van der Waals surface area contributed by atoms with Gasteiger partial charge in [-0.15, -0.1) is 23.1 Å². The van der Waals surface area contributed by atoms with Crippen molar-refractivity contribution in [3.8, 4) is 0 Å². The number of nitrogens with zero attached hydrogens (tertiary/aromatic N) is 1. The molecule has 1 atom stereocenters. The van der Waals surface area contributed by atoms with Crippen molar-refractivity contribution < 1.29 is 0 Å². The molecular formula is C12H14N2S2. The van der Waals surface area contributed by atoms with Gasteiger partial charge in [0.2, 0.25) is 0 Å². The van der Waals surface area contributed by atoms with Crippen LogP contribution in [0, 0.1) is 0 Å². The fourth-order valence-electron chi connectivity index (χ4n) is 1.36. The van der Waals surface area contributed by atoms with Crippen LogP contribution in [-0.4, -0.2) is 16.8 Å². The molecule has 84 valence electrons. The summed E-state index contributed by atoms with van der Waals surface area (Å²) in [6.45, 7) is 0. The molecule has 0 aliphatic rings. The van der Waals surface area contributed by atoms with E-state index in [1.54, 1.807) is 23.1 Å². The number of aromatic nitrogens is 1. The molecule has 2 N–H and O–H groups in total. The number of thiazole rings is 1. The lowest BCUT2D eigenvalue weighted by Crippen LogP contribution is -2.25. The van der Waals surface area contributed by atoms with Gasteiger partial charge in [-0.1, -0.05) is 18.2 Å². The maximum absolute atomic E-state index is 6.06. The Morgan fingerprint density at radius 3 is 2.81 bits per heavy atom. The van der Waals surface area contributed by atoms with Gasteiger partial charge in [0.25, 0.3) is 0 Å². The van der Waals surface area contributed by atoms with Crippen molar-refractivity contribution in [2.24, 2.45) is 5.73 Å². The highest BCUT2D eigenvalue weighted by Gasteiger charge is 2.06. The smallest absolute Gasteiger partial charge is 0.0940 e. The van der Waals surface area contributed by atoms with Gasteiger partial charge in [0.05, 0.1) is 5.01 Å². The zero-order valence-electron chi connectivity index (χ0n) is 8.87. The maximum atomic E-state index is 6.06. The molecule has 0 saturated carbocycles. The Morgan fingerprint density at radius 1 is 1.31 bits per heavy atom. The molecule has 0 amide bonds. The fourth-order valence-corrected chi connectivity index (χ4v) is 2.94. The van der Waals surface area contributed by atoms with E-state index < -0.39 is 0 Å². The van der Waals surface area contributed by atoms with E-state index in [4.69, 9.17) is 5.73 Å². The second kappa shape index (κ2) is 6.03. The zero-order chi connectivity index (χ0) is 11.2. The Kier molecular flexibility index (Phi) is 4.39. The van der Waals surface area contributed by atoms with Gasteiger partial charge in [-0.05, 0) is 12.1 Å². The number of thioether (sulfide) groups is 1. The number of rotatable bonds is 5. The molecule has 0 saturated heterocycles. The standard InChI is InChI=1S/C12H14N2S2/c13-10(8-12-14-6-7-15-12)9-16-11-4-2-1-3-5-11/h1-7,10H,8-9,13H2. The van der Waals surface area contributed by atoms with Crippen molar-refractivity contribution in [2.45, 2.75) is 17.4 Å². The third kappa shape index (κ3) is 3.63. The third-order valence-electron chi connectivity index (χ3n) is 2.13. The molecule has 2 nitrogen and oxygen atoms in total. The summed E-state index contributed by atoms with van der Waals surface area (Å²) >= 11 is 3.47. The van der Waals surface area contributed by atoms with Gasteiger partial charge in [-0.25, -0.2) is 4.98 Å². The second-order valence-corrected chi connectivity index (χ2v) is 5.59. The van der Waals surface area contributed by atoms with Crippen LogP contribution in [0.15, 0.2) is 46.8 Å². The van der Waals surface area contributed by atoms with Crippen molar-refractivity contribution in [3.05, 3.63) is 46.9 Å². The fraction of sp³-hybridized carbons (Fsp3) is 0.250. The molecule has 1 unspecified atom stereocenters. The average molecular weight is 250 g/mol. The van der Waals surface area contributed by atoms with Crippen LogP contribution in [0.5, 0.6) is 0 Å². The molecule has 4 heteroatoms. The Bertz CT molecular complexity index is 400. The summed E-state index contributed by atoms with van der Waals surface area (Å²) in [6, 6.07) is 10.5. The molecular weight excluding hydrogens is 236 g/mol. The van der Waals surface area contributed by atoms with E-state index in [0.717, 1.165) is 17.2 Å². The lowest BCUT2D eigenvalue weighted by molar-refractivity contribution is 0.744. The predicted octanol–water partition coefficient (Wildman–Crippen LogP) is 2.81. The van der Waals surface area contributed by atoms with Gasteiger partial charge in [-0.3, -0.25) is 0 Å². The molecule has 1 aromatic heterocycles. The number of benzene rings is 1. The molecule has 0 aliphatic heterocycles. The summed E-state index contributed by atoms with van der Waals surface area (Å²) in [4.78, 5) is 5.52. The molecule has 0 bridgehead atoms. The normalized spacial score (nSPS) is 12.6. The van der Waals surface area contributed by atoms with E-state index in [9.17, 15) is 0 Å². The number of nitrogens with two attached hydrogens (primary N) is 1. The van der Waals surface area contributed by atoms with Crippen LogP contribution in [0.4, 0.5) is 0 Å². The summed E-state index contributed by atoms with van der Waals surface area (Å²) in [6.07, 6.45) is 2.70. The first kappa shape index (κ1) is 11.6. The second-order valence-electron chi connectivity index (χ2n) is 3.51. The molecule has 2 aromatic rings. The maximum Gasteiger partial charge on any atom is 0.0940 e. The summed E-state index contributed by atoms with van der Waals surface area (Å²) in [5.41, 5.74) is 6.06. The first-order valence-electron chi connectivity index (χ1n) is 5.16. The Balaban J connectivity index is 1.78. The average Bonchev–Trinajstić information content (AvgIpc) is 2.81. The van der Waals surface area contributed by atoms with Gasteiger partial charge in [-0.2, -0.15) is 0 Å². The number of hydrogen-bond acceptors (Lipinski definition) is 4. The molecule has 1 heterocycles. The van der Waals surface area contributed by atoms with Crippen LogP contribution in [0.2, 0.25) is 0 Å². The Morgan fingerprint density at radius 2 is 2.12 bits per heavy atom. The summed E-state index contributed by atoms with van der Waals surface area (Å²) < 4.78 is 0. The monoisotopic (exact) mass is 250 g/mol. The summed E-state index contributed by atoms with van der Waals surface area (Å²) in [7, 11) is 0. The first-order valence-corrected chi connectivity index (χ1v) is 7.03. The third-order valence-corrected chi connectivity index (χ3v) is 4.13. The van der Waals surface area contributed by atoms with Crippen LogP contribution >= 0.6 is 23.1 Å². The molecule has 2 rings (SSSR count). The van der Waals surface area contributed by atoms with Gasteiger partial charge < -0.3 is 5.73 Å². The quantitative estimate of drug-likeness (QED) is 0.829. The van der Waals surface area contributed by atoms with Gasteiger partial charge in [0.15, 0.2) is 0 Å². The van der Waals surface area contributed by atoms with Gasteiger partial charge >= 0.3 is 0 Å². The van der Waals surface area contributed by atoms with Crippen LogP contribution < -0.4 is 5.73 Å². The molecule has 0 aliphatic carbocycles. The van der Waals surface area contributed by atoms with E-state index in [1.165, 1.54) is 4.90 Å². The topological polar surface area (TPSA) is 38.9 Å². The Labute approximate surface area is 104 Å². The van der Waals surface area contributed by atoms with Gasteiger partial charge in [0, 0.05) is 34.7 Å². The first-order chi connectivity index (χ1) is 7.84. The minimum Gasteiger partial charge on any atom is -0.327 e. The van der Waals surface area contributed by atoms with E-state index in [1.807, 2.05) is 17.6 Å². The highest BCUT2D eigenvalue weighted by molar-refractivity contribution is 7.99.